The molecule has 0 bridgehead atoms. The number of hydrogen-bond donors (Lipinski definition) is 0. The van der Waals surface area contributed by atoms with E-state index in [1.165, 1.54) is 0 Å². The molecule has 4 nitrogen and oxygen atoms in total. The summed E-state index contributed by atoms with van der Waals surface area (Å²) in [7, 11) is 0. The monoisotopic (exact) mass is 308 g/mol. The standard InChI is InChI=1S/C19H16O4/c1-3-16(20)23-19-17(21)14-11-12(2)9-10-15(14)22-18(19)13-7-5-4-6-8-13/h4-11H,3H2,1-2H3. The van der Waals surface area contributed by atoms with Crippen LogP contribution in [0.15, 0.2) is 57.7 Å². The molecular formula is C19H16O4. The summed E-state index contributed by atoms with van der Waals surface area (Å²) in [5.41, 5.74) is 1.75. The molecule has 0 atom stereocenters. The molecule has 0 saturated carbocycles. The topological polar surface area (TPSA) is 56.5 Å². The molecule has 0 aliphatic carbocycles. The highest BCUT2D eigenvalue weighted by molar-refractivity contribution is 5.84. The summed E-state index contributed by atoms with van der Waals surface area (Å²) in [5, 5.41) is 0.406. The van der Waals surface area contributed by atoms with Gasteiger partial charge in [-0.1, -0.05) is 48.9 Å². The summed E-state index contributed by atoms with van der Waals surface area (Å²) >= 11 is 0. The minimum atomic E-state index is -0.471. The Morgan fingerprint density at radius 2 is 1.87 bits per heavy atom. The third kappa shape index (κ3) is 2.88. The van der Waals surface area contributed by atoms with Gasteiger partial charge in [-0.25, -0.2) is 0 Å². The fourth-order valence-electron chi connectivity index (χ4n) is 2.35. The van der Waals surface area contributed by atoms with Crippen LogP contribution in [0, 0.1) is 6.92 Å². The molecule has 3 aromatic rings. The number of fused-ring (bicyclic) bond motifs is 1. The van der Waals surface area contributed by atoms with Crippen molar-refractivity contribution >= 4 is 16.9 Å². The molecule has 0 aliphatic rings. The van der Waals surface area contributed by atoms with Gasteiger partial charge in [0.05, 0.1) is 5.39 Å². The summed E-state index contributed by atoms with van der Waals surface area (Å²) in [6, 6.07) is 14.5. The van der Waals surface area contributed by atoms with Crippen LogP contribution in [0.2, 0.25) is 0 Å². The molecule has 0 saturated heterocycles. The average molecular weight is 308 g/mol. The Morgan fingerprint density at radius 3 is 2.57 bits per heavy atom. The van der Waals surface area contributed by atoms with Crippen molar-refractivity contribution in [2.75, 3.05) is 0 Å². The third-order valence-electron chi connectivity index (χ3n) is 3.54. The fraction of sp³-hybridized carbons (Fsp3) is 0.158. The Labute approximate surface area is 133 Å². The number of rotatable bonds is 3. The largest absolute Gasteiger partial charge is 0.452 e. The van der Waals surface area contributed by atoms with Gasteiger partial charge in [-0.15, -0.1) is 0 Å². The van der Waals surface area contributed by atoms with Crippen molar-refractivity contribution in [3.63, 3.8) is 0 Å². The molecule has 0 unspecified atom stereocenters. The van der Waals surface area contributed by atoms with E-state index in [0.29, 0.717) is 16.5 Å². The van der Waals surface area contributed by atoms with Crippen LogP contribution in [0.3, 0.4) is 0 Å². The molecule has 0 radical (unpaired) electrons. The minimum Gasteiger partial charge on any atom is -0.452 e. The second-order valence-electron chi connectivity index (χ2n) is 5.28. The highest BCUT2D eigenvalue weighted by Gasteiger charge is 2.19. The molecule has 23 heavy (non-hydrogen) atoms. The summed E-state index contributed by atoms with van der Waals surface area (Å²) in [6.07, 6.45) is 0.180. The number of hydrogen-bond acceptors (Lipinski definition) is 4. The number of ether oxygens (including phenoxy) is 1. The van der Waals surface area contributed by atoms with E-state index in [-0.39, 0.29) is 23.4 Å². The maximum absolute atomic E-state index is 12.8. The highest BCUT2D eigenvalue weighted by atomic mass is 16.5. The molecule has 0 amide bonds. The van der Waals surface area contributed by atoms with E-state index < -0.39 is 5.97 Å². The Balaban J connectivity index is 2.32. The van der Waals surface area contributed by atoms with Crippen molar-refractivity contribution in [3.8, 4) is 17.1 Å². The van der Waals surface area contributed by atoms with Crippen molar-refractivity contribution in [1.82, 2.24) is 0 Å². The van der Waals surface area contributed by atoms with Gasteiger partial charge in [-0.3, -0.25) is 9.59 Å². The van der Waals surface area contributed by atoms with Gasteiger partial charge in [0.1, 0.15) is 5.58 Å². The van der Waals surface area contributed by atoms with Gasteiger partial charge in [0.2, 0.25) is 11.2 Å². The predicted molar refractivity (Wildman–Crippen MR) is 88.6 cm³/mol. The van der Waals surface area contributed by atoms with E-state index in [0.717, 1.165) is 5.56 Å². The molecule has 0 spiro atoms. The lowest BCUT2D eigenvalue weighted by Crippen LogP contribution is -2.15. The molecule has 0 fully saturated rings. The molecule has 1 aromatic heterocycles. The third-order valence-corrected chi connectivity index (χ3v) is 3.54. The van der Waals surface area contributed by atoms with Crippen molar-refractivity contribution < 1.29 is 13.9 Å². The molecule has 4 heteroatoms. The lowest BCUT2D eigenvalue weighted by molar-refractivity contribution is -0.134. The van der Waals surface area contributed by atoms with E-state index in [1.807, 2.05) is 43.3 Å². The van der Waals surface area contributed by atoms with Crippen LogP contribution in [0.1, 0.15) is 18.9 Å². The average Bonchev–Trinajstić information content (AvgIpc) is 2.58. The normalized spacial score (nSPS) is 10.7. The van der Waals surface area contributed by atoms with Gasteiger partial charge in [-0.2, -0.15) is 0 Å². The predicted octanol–water partition coefficient (Wildman–Crippen LogP) is 4.08. The number of esters is 1. The van der Waals surface area contributed by atoms with Crippen LogP contribution >= 0.6 is 0 Å². The van der Waals surface area contributed by atoms with E-state index in [9.17, 15) is 9.59 Å². The van der Waals surface area contributed by atoms with Crippen molar-refractivity contribution in [2.45, 2.75) is 20.3 Å². The first-order valence-electron chi connectivity index (χ1n) is 7.43. The highest BCUT2D eigenvalue weighted by Crippen LogP contribution is 2.31. The van der Waals surface area contributed by atoms with E-state index in [1.54, 1.807) is 19.1 Å². The smallest absolute Gasteiger partial charge is 0.311 e. The molecule has 1 heterocycles. The van der Waals surface area contributed by atoms with E-state index >= 15 is 0 Å². The summed E-state index contributed by atoms with van der Waals surface area (Å²) in [5.74, 6) is -0.253. The van der Waals surface area contributed by atoms with Crippen LogP contribution in [-0.4, -0.2) is 5.97 Å². The Morgan fingerprint density at radius 1 is 1.13 bits per heavy atom. The number of aryl methyl sites for hydroxylation is 1. The Bertz CT molecular complexity index is 923. The Hall–Kier alpha value is -2.88. The quantitative estimate of drug-likeness (QED) is 0.684. The molecule has 2 aromatic carbocycles. The van der Waals surface area contributed by atoms with Crippen LogP contribution in [0.4, 0.5) is 0 Å². The van der Waals surface area contributed by atoms with Gasteiger partial charge < -0.3 is 9.15 Å². The van der Waals surface area contributed by atoms with Crippen molar-refractivity contribution in [3.05, 3.63) is 64.3 Å². The first-order chi connectivity index (χ1) is 11.1. The summed E-state index contributed by atoms with van der Waals surface area (Å²) in [6.45, 7) is 3.57. The maximum atomic E-state index is 12.8. The minimum absolute atomic E-state index is 0.0545. The van der Waals surface area contributed by atoms with Crippen molar-refractivity contribution in [1.29, 1.82) is 0 Å². The summed E-state index contributed by atoms with van der Waals surface area (Å²) < 4.78 is 11.2. The number of carbonyl (C=O) groups is 1. The van der Waals surface area contributed by atoms with E-state index in [2.05, 4.69) is 0 Å². The molecule has 0 N–H and O–H groups in total. The summed E-state index contributed by atoms with van der Waals surface area (Å²) in [4.78, 5) is 24.5. The number of benzene rings is 2. The first-order valence-corrected chi connectivity index (χ1v) is 7.43. The zero-order valence-electron chi connectivity index (χ0n) is 13.0. The lowest BCUT2D eigenvalue weighted by Gasteiger charge is -2.10. The zero-order chi connectivity index (χ0) is 16.4. The van der Waals surface area contributed by atoms with Gasteiger partial charge in [-0.05, 0) is 19.1 Å². The first kappa shape index (κ1) is 15.0. The van der Waals surface area contributed by atoms with Crippen LogP contribution in [-0.2, 0) is 4.79 Å². The maximum Gasteiger partial charge on any atom is 0.311 e. The van der Waals surface area contributed by atoms with Crippen LogP contribution in [0.25, 0.3) is 22.3 Å². The van der Waals surface area contributed by atoms with Crippen molar-refractivity contribution in [2.24, 2.45) is 0 Å². The van der Waals surface area contributed by atoms with Gasteiger partial charge in [0.25, 0.3) is 0 Å². The second kappa shape index (κ2) is 6.08. The van der Waals surface area contributed by atoms with Crippen LogP contribution < -0.4 is 10.2 Å². The fourth-order valence-corrected chi connectivity index (χ4v) is 2.35. The second-order valence-corrected chi connectivity index (χ2v) is 5.28. The van der Waals surface area contributed by atoms with Gasteiger partial charge in [0, 0.05) is 12.0 Å². The lowest BCUT2D eigenvalue weighted by atomic mass is 10.1. The zero-order valence-corrected chi connectivity index (χ0v) is 13.0. The number of carbonyl (C=O) groups excluding carboxylic acids is 1. The Kier molecular flexibility index (Phi) is 3.98. The molecule has 116 valence electrons. The molecule has 0 aliphatic heterocycles. The van der Waals surface area contributed by atoms with Crippen LogP contribution in [0.5, 0.6) is 5.75 Å². The van der Waals surface area contributed by atoms with Gasteiger partial charge in [0.15, 0.2) is 5.76 Å². The SMILES string of the molecule is CCC(=O)Oc1c(-c2ccccc2)oc2ccc(C)cc2c1=O. The molecular weight excluding hydrogens is 292 g/mol. The van der Waals surface area contributed by atoms with E-state index in [4.69, 9.17) is 9.15 Å². The molecule has 3 rings (SSSR count). The van der Waals surface area contributed by atoms with Gasteiger partial charge >= 0.3 is 5.97 Å².